The number of rotatable bonds is 12. The van der Waals surface area contributed by atoms with E-state index in [2.05, 4.69) is 33.8 Å². The summed E-state index contributed by atoms with van der Waals surface area (Å²) >= 11 is 0. The topological polar surface area (TPSA) is 49.8 Å². The van der Waals surface area contributed by atoms with Gasteiger partial charge >= 0.3 is 0 Å². The van der Waals surface area contributed by atoms with Crippen LogP contribution in [0.2, 0.25) is 0 Å². The van der Waals surface area contributed by atoms with E-state index in [1.165, 1.54) is 5.57 Å². The second-order valence-corrected chi connectivity index (χ2v) is 7.44. The van der Waals surface area contributed by atoms with Gasteiger partial charge in [-0.25, -0.2) is 0 Å². The van der Waals surface area contributed by atoms with Crippen LogP contribution in [0.15, 0.2) is 11.6 Å². The molecule has 0 saturated carbocycles. The summed E-state index contributed by atoms with van der Waals surface area (Å²) in [5, 5.41) is 10.6. The molecule has 140 valence electrons. The molecular weight excluding hydrogens is 300 g/mol. The summed E-state index contributed by atoms with van der Waals surface area (Å²) < 4.78 is 5.77. The van der Waals surface area contributed by atoms with E-state index in [0.29, 0.717) is 12.5 Å². The van der Waals surface area contributed by atoms with E-state index in [-0.39, 0.29) is 23.2 Å². The van der Waals surface area contributed by atoms with Gasteiger partial charge in [0.15, 0.2) is 0 Å². The lowest BCUT2D eigenvalue weighted by Gasteiger charge is -2.26. The molecule has 5 atom stereocenters. The van der Waals surface area contributed by atoms with Crippen molar-refractivity contribution < 1.29 is 14.6 Å². The quantitative estimate of drug-likeness (QED) is 0.399. The lowest BCUT2D eigenvalue weighted by atomic mass is 9.82. The molecule has 3 nitrogen and oxygen atoms in total. The zero-order valence-corrected chi connectivity index (χ0v) is 16.6. The molecule has 0 aromatic carbocycles. The standard InChI is InChI=1S/C21H38O3/c1-7-17(12-11-13-21(10-4)16(6)24-21)14-15(5)20(23)18(8-2)19(22)9-3/h12,15-16,18,20,23H,7-11,13-14H2,1-6H3/b17-12+/t15-,16+,18-,20-,21+/m0/s1. The first-order chi connectivity index (χ1) is 11.3. The third-order valence-electron chi connectivity index (χ3n) is 5.93. The lowest BCUT2D eigenvalue weighted by Crippen LogP contribution is -2.33. The number of Topliss-reactive ketones (excluding diaryl/α,β-unsaturated/α-hetero) is 1. The number of hydrogen-bond donors (Lipinski definition) is 1. The number of allylic oxidation sites excluding steroid dienone is 2. The molecule has 1 aliphatic rings. The molecule has 0 aromatic heterocycles. The van der Waals surface area contributed by atoms with Crippen LogP contribution in [-0.4, -0.2) is 28.7 Å². The Balaban J connectivity index is 2.56. The summed E-state index contributed by atoms with van der Waals surface area (Å²) in [4.78, 5) is 12.0. The maximum Gasteiger partial charge on any atom is 0.138 e. The van der Waals surface area contributed by atoms with Crippen LogP contribution in [0.4, 0.5) is 0 Å². The van der Waals surface area contributed by atoms with E-state index < -0.39 is 6.10 Å². The monoisotopic (exact) mass is 338 g/mol. The molecule has 0 radical (unpaired) electrons. The van der Waals surface area contributed by atoms with Gasteiger partial charge < -0.3 is 9.84 Å². The molecule has 1 fully saturated rings. The van der Waals surface area contributed by atoms with Crippen molar-refractivity contribution in [2.24, 2.45) is 11.8 Å². The fourth-order valence-corrected chi connectivity index (χ4v) is 3.87. The normalized spacial score (nSPS) is 27.6. The first-order valence-electron chi connectivity index (χ1n) is 9.91. The molecule has 24 heavy (non-hydrogen) atoms. The van der Waals surface area contributed by atoms with Crippen molar-refractivity contribution in [1.82, 2.24) is 0 Å². The minimum Gasteiger partial charge on any atom is -0.392 e. The van der Waals surface area contributed by atoms with Gasteiger partial charge in [-0.3, -0.25) is 4.79 Å². The van der Waals surface area contributed by atoms with Crippen molar-refractivity contribution >= 4 is 5.78 Å². The molecule has 3 heteroatoms. The van der Waals surface area contributed by atoms with Gasteiger partial charge in [-0.15, -0.1) is 0 Å². The Morgan fingerprint density at radius 2 is 1.88 bits per heavy atom. The molecule has 1 aliphatic heterocycles. The molecule has 1 rings (SSSR count). The van der Waals surface area contributed by atoms with Crippen LogP contribution in [0.25, 0.3) is 0 Å². The highest BCUT2D eigenvalue weighted by molar-refractivity contribution is 5.81. The highest BCUT2D eigenvalue weighted by Gasteiger charge is 2.50. The summed E-state index contributed by atoms with van der Waals surface area (Å²) in [7, 11) is 0. The van der Waals surface area contributed by atoms with E-state index in [1.807, 2.05) is 13.8 Å². The molecule has 1 heterocycles. The minimum atomic E-state index is -0.536. The van der Waals surface area contributed by atoms with Crippen LogP contribution in [-0.2, 0) is 9.53 Å². The number of carbonyl (C=O) groups excluding carboxylic acids is 1. The number of ether oxygens (including phenoxy) is 1. The van der Waals surface area contributed by atoms with Gasteiger partial charge in [0, 0.05) is 12.3 Å². The van der Waals surface area contributed by atoms with Gasteiger partial charge in [-0.05, 0) is 51.4 Å². The summed E-state index contributed by atoms with van der Waals surface area (Å²) in [6, 6.07) is 0. The highest BCUT2D eigenvalue weighted by Crippen LogP contribution is 2.43. The first-order valence-corrected chi connectivity index (χ1v) is 9.91. The van der Waals surface area contributed by atoms with E-state index in [1.54, 1.807) is 0 Å². The average molecular weight is 339 g/mol. The molecule has 0 aliphatic carbocycles. The summed E-state index contributed by atoms with van der Waals surface area (Å²) in [6.07, 6.45) is 8.50. The third kappa shape index (κ3) is 5.42. The Kier molecular flexibility index (Phi) is 8.66. The smallest absolute Gasteiger partial charge is 0.138 e. The van der Waals surface area contributed by atoms with Gasteiger partial charge in [-0.2, -0.15) is 0 Å². The Labute approximate surface area is 148 Å². The third-order valence-corrected chi connectivity index (χ3v) is 5.93. The summed E-state index contributed by atoms with van der Waals surface area (Å²) in [5.74, 6) is 0.0868. The van der Waals surface area contributed by atoms with Gasteiger partial charge in [0.2, 0.25) is 0 Å². The minimum absolute atomic E-state index is 0.112. The SMILES string of the molecule is CCC(=O)[C@H](CC)[C@@H](O)[C@@H](C)C/C(=C/CC[C@@]1(CC)O[C@@H]1C)CC. The number of aliphatic hydroxyl groups is 1. The van der Waals surface area contributed by atoms with Gasteiger partial charge in [-0.1, -0.05) is 46.3 Å². The van der Waals surface area contributed by atoms with Crippen LogP contribution in [0, 0.1) is 11.8 Å². The van der Waals surface area contributed by atoms with Crippen molar-refractivity contribution in [2.75, 3.05) is 0 Å². The number of aliphatic hydroxyl groups excluding tert-OH is 1. The zero-order chi connectivity index (χ0) is 18.3. The van der Waals surface area contributed by atoms with Crippen molar-refractivity contribution in [3.8, 4) is 0 Å². The van der Waals surface area contributed by atoms with Crippen molar-refractivity contribution in [1.29, 1.82) is 0 Å². The van der Waals surface area contributed by atoms with Crippen LogP contribution in [0.5, 0.6) is 0 Å². The largest absolute Gasteiger partial charge is 0.392 e. The molecular formula is C21H38O3. The Morgan fingerprint density at radius 1 is 1.25 bits per heavy atom. The lowest BCUT2D eigenvalue weighted by molar-refractivity contribution is -0.127. The number of hydrogen-bond acceptors (Lipinski definition) is 3. The zero-order valence-electron chi connectivity index (χ0n) is 16.6. The Hall–Kier alpha value is -0.670. The van der Waals surface area contributed by atoms with Crippen molar-refractivity contribution in [3.05, 3.63) is 11.6 Å². The van der Waals surface area contributed by atoms with Gasteiger partial charge in [0.1, 0.15) is 5.78 Å². The molecule has 1 N–H and O–H groups in total. The predicted molar refractivity (Wildman–Crippen MR) is 100 cm³/mol. The summed E-state index contributed by atoms with van der Waals surface area (Å²) in [5.41, 5.74) is 1.50. The maximum absolute atomic E-state index is 12.0. The average Bonchev–Trinajstić information content (AvgIpc) is 3.24. The van der Waals surface area contributed by atoms with E-state index >= 15 is 0 Å². The number of carbonyl (C=O) groups is 1. The summed E-state index contributed by atoms with van der Waals surface area (Å²) in [6.45, 7) is 12.5. The Bertz CT molecular complexity index is 425. The fourth-order valence-electron chi connectivity index (χ4n) is 3.87. The van der Waals surface area contributed by atoms with Crippen LogP contribution in [0.1, 0.15) is 86.5 Å². The molecule has 0 bridgehead atoms. The van der Waals surface area contributed by atoms with E-state index in [9.17, 15) is 9.90 Å². The van der Waals surface area contributed by atoms with E-state index in [0.717, 1.165) is 38.5 Å². The second kappa shape index (κ2) is 9.72. The molecule has 0 amide bonds. The molecule has 0 spiro atoms. The Morgan fingerprint density at radius 3 is 2.29 bits per heavy atom. The number of ketones is 1. The van der Waals surface area contributed by atoms with Crippen LogP contribution >= 0.6 is 0 Å². The number of epoxide rings is 1. The molecule has 0 aromatic rings. The first kappa shape index (κ1) is 21.4. The predicted octanol–water partition coefficient (Wildman–Crippen LogP) is 5.06. The maximum atomic E-state index is 12.0. The van der Waals surface area contributed by atoms with E-state index in [4.69, 9.17) is 4.74 Å². The van der Waals surface area contributed by atoms with Crippen LogP contribution in [0.3, 0.4) is 0 Å². The van der Waals surface area contributed by atoms with Gasteiger partial charge in [0.25, 0.3) is 0 Å². The van der Waals surface area contributed by atoms with Crippen molar-refractivity contribution in [2.45, 2.75) is 104 Å². The highest BCUT2D eigenvalue weighted by atomic mass is 16.6. The van der Waals surface area contributed by atoms with Crippen molar-refractivity contribution in [3.63, 3.8) is 0 Å². The fraction of sp³-hybridized carbons (Fsp3) is 0.857. The van der Waals surface area contributed by atoms with Gasteiger partial charge in [0.05, 0.1) is 17.8 Å². The molecule has 0 unspecified atom stereocenters. The molecule has 1 saturated heterocycles. The second-order valence-electron chi connectivity index (χ2n) is 7.44. The van der Waals surface area contributed by atoms with Crippen LogP contribution < -0.4 is 0 Å².